The fraction of sp³-hybridized carbons (Fsp3) is 0.235. The molecule has 2 heterocycles. The van der Waals surface area contributed by atoms with Crippen LogP contribution in [0.2, 0.25) is 0 Å². The molecule has 0 aliphatic heterocycles. The molecule has 6 nitrogen and oxygen atoms in total. The zero-order chi connectivity index (χ0) is 17.1. The lowest BCUT2D eigenvalue weighted by molar-refractivity contribution is -0.118. The second-order valence-electron chi connectivity index (χ2n) is 5.80. The Morgan fingerprint density at radius 2 is 2.00 bits per heavy atom. The van der Waals surface area contributed by atoms with Crippen LogP contribution in [0.15, 0.2) is 41.1 Å². The first-order valence-corrected chi connectivity index (χ1v) is 8.57. The SMILES string of the molecule is CC(C)[C@H](NC(=O)c1ccsc1)C(=O)Nc1nc2ccccc2[nH]1. The van der Waals surface area contributed by atoms with Crippen molar-refractivity contribution in [3.8, 4) is 0 Å². The van der Waals surface area contributed by atoms with Crippen LogP contribution in [0, 0.1) is 5.92 Å². The molecule has 0 unspecified atom stereocenters. The standard InChI is InChI=1S/C17H18N4O2S/c1-10(2)14(20-15(22)11-7-8-24-9-11)16(23)21-17-18-12-5-3-4-6-13(12)19-17/h3-10,14H,1-2H3,(H,20,22)(H2,18,19,21,23)/t14-/m0/s1. The van der Waals surface area contributed by atoms with Gasteiger partial charge in [0.1, 0.15) is 6.04 Å². The number of amides is 2. The van der Waals surface area contributed by atoms with Gasteiger partial charge in [-0.25, -0.2) is 4.98 Å². The van der Waals surface area contributed by atoms with Crippen molar-refractivity contribution in [2.45, 2.75) is 19.9 Å². The van der Waals surface area contributed by atoms with Crippen LogP contribution in [0.25, 0.3) is 11.0 Å². The molecule has 0 saturated carbocycles. The minimum absolute atomic E-state index is 0.0584. The molecular formula is C17H18N4O2S. The van der Waals surface area contributed by atoms with Crippen molar-refractivity contribution in [1.82, 2.24) is 15.3 Å². The lowest BCUT2D eigenvalue weighted by Crippen LogP contribution is -2.47. The molecule has 0 aliphatic carbocycles. The molecule has 0 spiro atoms. The van der Waals surface area contributed by atoms with Gasteiger partial charge in [-0.05, 0) is 29.5 Å². The van der Waals surface area contributed by atoms with Crippen molar-refractivity contribution in [2.75, 3.05) is 5.32 Å². The number of nitrogens with one attached hydrogen (secondary N) is 3. The van der Waals surface area contributed by atoms with Gasteiger partial charge in [0.15, 0.2) is 0 Å². The summed E-state index contributed by atoms with van der Waals surface area (Å²) in [6, 6.07) is 8.60. The zero-order valence-corrected chi connectivity index (χ0v) is 14.2. The Labute approximate surface area is 143 Å². The zero-order valence-electron chi connectivity index (χ0n) is 13.4. The molecule has 124 valence electrons. The number of hydrogen-bond donors (Lipinski definition) is 3. The van der Waals surface area contributed by atoms with Crippen molar-refractivity contribution in [3.63, 3.8) is 0 Å². The maximum atomic E-state index is 12.6. The summed E-state index contributed by atoms with van der Waals surface area (Å²) in [5.41, 5.74) is 2.18. The fourth-order valence-electron chi connectivity index (χ4n) is 2.36. The highest BCUT2D eigenvalue weighted by Gasteiger charge is 2.25. The van der Waals surface area contributed by atoms with Crippen molar-refractivity contribution in [2.24, 2.45) is 5.92 Å². The summed E-state index contributed by atoms with van der Waals surface area (Å²) >= 11 is 1.44. The molecule has 3 N–H and O–H groups in total. The van der Waals surface area contributed by atoms with E-state index in [9.17, 15) is 9.59 Å². The average Bonchev–Trinajstić information content (AvgIpc) is 3.20. The van der Waals surface area contributed by atoms with E-state index in [4.69, 9.17) is 0 Å². The number of H-pyrrole nitrogens is 1. The predicted molar refractivity (Wildman–Crippen MR) is 95.1 cm³/mol. The molecule has 3 aromatic rings. The van der Waals surface area contributed by atoms with Crippen molar-refractivity contribution >= 4 is 40.1 Å². The summed E-state index contributed by atoms with van der Waals surface area (Å²) in [7, 11) is 0. The van der Waals surface area contributed by atoms with Gasteiger partial charge in [-0.3, -0.25) is 14.9 Å². The van der Waals surface area contributed by atoms with E-state index in [2.05, 4.69) is 20.6 Å². The first kappa shape index (κ1) is 16.2. The number of nitrogens with zero attached hydrogens (tertiary/aromatic N) is 1. The van der Waals surface area contributed by atoms with E-state index in [1.807, 2.05) is 43.5 Å². The number of benzene rings is 1. The predicted octanol–water partition coefficient (Wildman–Crippen LogP) is 3.02. The third-order valence-electron chi connectivity index (χ3n) is 3.65. The molecule has 0 bridgehead atoms. The van der Waals surface area contributed by atoms with Gasteiger partial charge in [-0.1, -0.05) is 26.0 Å². The van der Waals surface area contributed by atoms with Crippen LogP contribution < -0.4 is 10.6 Å². The number of fused-ring (bicyclic) bond motifs is 1. The summed E-state index contributed by atoms with van der Waals surface area (Å²) in [6.45, 7) is 3.77. The fourth-order valence-corrected chi connectivity index (χ4v) is 3.00. The molecule has 1 atom stereocenters. The van der Waals surface area contributed by atoms with Gasteiger partial charge in [0.2, 0.25) is 11.9 Å². The van der Waals surface area contributed by atoms with E-state index in [0.717, 1.165) is 11.0 Å². The van der Waals surface area contributed by atoms with Crippen LogP contribution in [-0.2, 0) is 4.79 Å². The van der Waals surface area contributed by atoms with Crippen LogP contribution in [0.5, 0.6) is 0 Å². The topological polar surface area (TPSA) is 86.9 Å². The minimum atomic E-state index is -0.648. The lowest BCUT2D eigenvalue weighted by Gasteiger charge is -2.20. The van der Waals surface area contributed by atoms with Gasteiger partial charge < -0.3 is 10.3 Å². The number of aromatic amines is 1. The Hall–Kier alpha value is -2.67. The Morgan fingerprint density at radius 1 is 1.21 bits per heavy atom. The van der Waals surface area contributed by atoms with E-state index in [1.54, 1.807) is 11.4 Å². The third kappa shape index (κ3) is 3.46. The first-order valence-electron chi connectivity index (χ1n) is 7.63. The monoisotopic (exact) mass is 342 g/mol. The number of anilines is 1. The smallest absolute Gasteiger partial charge is 0.252 e. The first-order chi connectivity index (χ1) is 11.5. The highest BCUT2D eigenvalue weighted by Crippen LogP contribution is 2.15. The second kappa shape index (κ2) is 6.84. The summed E-state index contributed by atoms with van der Waals surface area (Å²) in [5, 5.41) is 9.11. The second-order valence-corrected chi connectivity index (χ2v) is 6.58. The average molecular weight is 342 g/mol. The van der Waals surface area contributed by atoms with E-state index in [0.29, 0.717) is 11.5 Å². The van der Waals surface area contributed by atoms with E-state index in [1.165, 1.54) is 11.3 Å². The van der Waals surface area contributed by atoms with Crippen LogP contribution in [0.4, 0.5) is 5.95 Å². The van der Waals surface area contributed by atoms with Gasteiger partial charge in [-0.2, -0.15) is 11.3 Å². The number of carbonyl (C=O) groups excluding carboxylic acids is 2. The molecule has 0 aliphatic rings. The number of rotatable bonds is 5. The van der Waals surface area contributed by atoms with E-state index < -0.39 is 6.04 Å². The van der Waals surface area contributed by atoms with Gasteiger partial charge >= 0.3 is 0 Å². The maximum Gasteiger partial charge on any atom is 0.252 e. The number of hydrogen-bond acceptors (Lipinski definition) is 4. The Balaban J connectivity index is 1.73. The number of carbonyl (C=O) groups is 2. The van der Waals surface area contributed by atoms with Gasteiger partial charge in [0, 0.05) is 5.38 Å². The molecule has 2 amide bonds. The molecule has 0 radical (unpaired) electrons. The van der Waals surface area contributed by atoms with Crippen molar-refractivity contribution in [1.29, 1.82) is 0 Å². The Kier molecular flexibility index (Phi) is 4.61. The van der Waals surface area contributed by atoms with Crippen molar-refractivity contribution in [3.05, 3.63) is 46.7 Å². The van der Waals surface area contributed by atoms with E-state index in [-0.39, 0.29) is 17.7 Å². The quantitative estimate of drug-likeness (QED) is 0.666. The highest BCUT2D eigenvalue weighted by molar-refractivity contribution is 7.08. The van der Waals surface area contributed by atoms with Crippen LogP contribution in [-0.4, -0.2) is 27.8 Å². The number of para-hydroxylation sites is 2. The minimum Gasteiger partial charge on any atom is -0.340 e. The van der Waals surface area contributed by atoms with Gasteiger partial charge in [-0.15, -0.1) is 0 Å². The number of thiophene rings is 1. The number of imidazole rings is 1. The molecule has 3 rings (SSSR count). The largest absolute Gasteiger partial charge is 0.340 e. The lowest BCUT2D eigenvalue weighted by atomic mass is 10.0. The molecular weight excluding hydrogens is 324 g/mol. The van der Waals surface area contributed by atoms with E-state index >= 15 is 0 Å². The van der Waals surface area contributed by atoms with Crippen LogP contribution >= 0.6 is 11.3 Å². The normalized spacial score (nSPS) is 12.3. The van der Waals surface area contributed by atoms with Crippen LogP contribution in [0.3, 0.4) is 0 Å². The molecule has 1 aromatic carbocycles. The molecule has 0 fully saturated rings. The van der Waals surface area contributed by atoms with Crippen molar-refractivity contribution < 1.29 is 9.59 Å². The summed E-state index contributed by atoms with van der Waals surface area (Å²) in [6.07, 6.45) is 0. The Morgan fingerprint density at radius 3 is 2.67 bits per heavy atom. The summed E-state index contributed by atoms with van der Waals surface area (Å²) in [4.78, 5) is 32.1. The highest BCUT2D eigenvalue weighted by atomic mass is 32.1. The summed E-state index contributed by atoms with van der Waals surface area (Å²) in [5.74, 6) is -0.240. The Bertz CT molecular complexity index is 821. The summed E-state index contributed by atoms with van der Waals surface area (Å²) < 4.78 is 0. The molecule has 0 saturated heterocycles. The van der Waals surface area contributed by atoms with Gasteiger partial charge in [0.05, 0.1) is 16.6 Å². The van der Waals surface area contributed by atoms with Crippen LogP contribution in [0.1, 0.15) is 24.2 Å². The number of aromatic nitrogens is 2. The molecule has 2 aromatic heterocycles. The van der Waals surface area contributed by atoms with Gasteiger partial charge in [0.25, 0.3) is 5.91 Å². The molecule has 24 heavy (non-hydrogen) atoms. The maximum absolute atomic E-state index is 12.6. The molecule has 7 heteroatoms. The third-order valence-corrected chi connectivity index (χ3v) is 4.33.